The Kier molecular flexibility index (Phi) is 6.01. The maximum absolute atomic E-state index is 2.58. The molecule has 0 saturated heterocycles. The number of hydrogen-bond donors (Lipinski definition) is 0. The van der Waals surface area contributed by atoms with Crippen molar-refractivity contribution in [3.63, 3.8) is 0 Å². The Balaban J connectivity index is 1.35. The van der Waals surface area contributed by atoms with E-state index in [9.17, 15) is 0 Å². The molecule has 8 aromatic rings. The van der Waals surface area contributed by atoms with Crippen LogP contribution in [0.1, 0.15) is 49.9 Å². The van der Waals surface area contributed by atoms with Crippen LogP contribution in [0.2, 0.25) is 0 Å². The Hall–Kier alpha value is -5.86. The summed E-state index contributed by atoms with van der Waals surface area (Å²) in [6.07, 6.45) is 0. The van der Waals surface area contributed by atoms with Gasteiger partial charge in [0.2, 0.25) is 0 Å². The molecule has 2 nitrogen and oxygen atoms in total. The van der Waals surface area contributed by atoms with Crippen molar-refractivity contribution in [2.24, 2.45) is 0 Å². The summed E-state index contributed by atoms with van der Waals surface area (Å²) in [5.74, 6) is 0. The molecular formula is C48H38N2. The second-order valence-corrected chi connectivity index (χ2v) is 14.9. The summed E-state index contributed by atoms with van der Waals surface area (Å²) < 4.78 is 2.47. The summed E-state index contributed by atoms with van der Waals surface area (Å²) in [7, 11) is 0. The molecule has 0 fully saturated rings. The highest BCUT2D eigenvalue weighted by Gasteiger charge is 2.41. The molecule has 0 saturated carbocycles. The van der Waals surface area contributed by atoms with Crippen molar-refractivity contribution in [2.45, 2.75) is 38.5 Å². The minimum atomic E-state index is -0.118. The molecule has 0 radical (unpaired) electrons. The Morgan fingerprint density at radius 2 is 0.780 bits per heavy atom. The van der Waals surface area contributed by atoms with Gasteiger partial charge in [0, 0.05) is 32.7 Å². The predicted octanol–water partition coefficient (Wildman–Crippen LogP) is 12.9. The zero-order valence-corrected chi connectivity index (χ0v) is 28.9. The Morgan fingerprint density at radius 1 is 0.380 bits per heavy atom. The van der Waals surface area contributed by atoms with Crippen LogP contribution in [-0.4, -0.2) is 4.57 Å². The van der Waals surface area contributed by atoms with Gasteiger partial charge in [0.25, 0.3) is 0 Å². The first-order valence-corrected chi connectivity index (χ1v) is 17.7. The van der Waals surface area contributed by atoms with Gasteiger partial charge in [-0.3, -0.25) is 0 Å². The monoisotopic (exact) mass is 642 g/mol. The SMILES string of the molecule is CC1(C)c2ccccc2-c2c(N(c3ccccc3-n3c4ccccc4c4ccccc43)c3cccc4c3-c3ccccc3C4(C)C)cccc21. The molecular weight excluding hydrogens is 605 g/mol. The third kappa shape index (κ3) is 3.79. The molecule has 7 aromatic carbocycles. The van der Waals surface area contributed by atoms with E-state index >= 15 is 0 Å². The van der Waals surface area contributed by atoms with Gasteiger partial charge >= 0.3 is 0 Å². The lowest BCUT2D eigenvalue weighted by Crippen LogP contribution is -2.18. The van der Waals surface area contributed by atoms with Crippen molar-refractivity contribution in [1.82, 2.24) is 4.57 Å². The molecule has 240 valence electrons. The fraction of sp³-hybridized carbons (Fsp3) is 0.125. The van der Waals surface area contributed by atoms with Crippen LogP contribution in [0.4, 0.5) is 17.1 Å². The van der Waals surface area contributed by atoms with Gasteiger partial charge in [-0.2, -0.15) is 0 Å². The number of para-hydroxylation sites is 4. The molecule has 0 bridgehead atoms. The molecule has 0 aliphatic heterocycles. The highest BCUT2D eigenvalue weighted by molar-refractivity contribution is 6.10. The van der Waals surface area contributed by atoms with Gasteiger partial charge in [0.15, 0.2) is 0 Å². The lowest BCUT2D eigenvalue weighted by Gasteiger charge is -2.32. The number of fused-ring (bicyclic) bond motifs is 9. The average Bonchev–Trinajstić information content (AvgIpc) is 3.70. The number of hydrogen-bond acceptors (Lipinski definition) is 1. The van der Waals surface area contributed by atoms with Crippen molar-refractivity contribution in [1.29, 1.82) is 0 Å². The van der Waals surface area contributed by atoms with Crippen molar-refractivity contribution >= 4 is 38.9 Å². The van der Waals surface area contributed by atoms with Crippen molar-refractivity contribution in [2.75, 3.05) is 4.90 Å². The highest BCUT2D eigenvalue weighted by atomic mass is 15.2. The van der Waals surface area contributed by atoms with Gasteiger partial charge in [0.1, 0.15) is 0 Å². The van der Waals surface area contributed by atoms with Gasteiger partial charge in [-0.25, -0.2) is 0 Å². The summed E-state index contributed by atoms with van der Waals surface area (Å²) >= 11 is 0. The molecule has 10 rings (SSSR count). The van der Waals surface area contributed by atoms with E-state index in [1.54, 1.807) is 0 Å². The van der Waals surface area contributed by atoms with E-state index in [4.69, 9.17) is 0 Å². The Morgan fingerprint density at radius 3 is 1.32 bits per heavy atom. The summed E-state index contributed by atoms with van der Waals surface area (Å²) in [4.78, 5) is 2.58. The molecule has 0 atom stereocenters. The van der Waals surface area contributed by atoms with Crippen LogP contribution in [0.15, 0.2) is 158 Å². The van der Waals surface area contributed by atoms with E-state index in [-0.39, 0.29) is 10.8 Å². The molecule has 1 aromatic heterocycles. The number of nitrogens with zero attached hydrogens (tertiary/aromatic N) is 2. The summed E-state index contributed by atoms with van der Waals surface area (Å²) in [6, 6.07) is 58.5. The predicted molar refractivity (Wildman–Crippen MR) is 211 cm³/mol. The van der Waals surface area contributed by atoms with Crippen LogP contribution in [0, 0.1) is 0 Å². The first kappa shape index (κ1) is 29.1. The maximum Gasteiger partial charge on any atom is 0.0702 e. The lowest BCUT2D eigenvalue weighted by molar-refractivity contribution is 0.660. The summed E-state index contributed by atoms with van der Waals surface area (Å²) in [5.41, 5.74) is 17.6. The zero-order chi connectivity index (χ0) is 33.8. The van der Waals surface area contributed by atoms with Gasteiger partial charge in [0.05, 0.1) is 33.8 Å². The topological polar surface area (TPSA) is 8.17 Å². The minimum Gasteiger partial charge on any atom is -0.307 e. The maximum atomic E-state index is 2.58. The Labute approximate surface area is 293 Å². The van der Waals surface area contributed by atoms with Crippen LogP contribution in [-0.2, 0) is 10.8 Å². The first-order chi connectivity index (χ1) is 24.4. The van der Waals surface area contributed by atoms with Gasteiger partial charge in [-0.1, -0.05) is 149 Å². The molecule has 0 N–H and O–H groups in total. The van der Waals surface area contributed by atoms with Gasteiger partial charge in [-0.05, 0) is 69.8 Å². The molecule has 0 spiro atoms. The number of benzene rings is 7. The third-order valence-electron chi connectivity index (χ3n) is 11.6. The third-order valence-corrected chi connectivity index (χ3v) is 11.6. The first-order valence-electron chi connectivity index (χ1n) is 17.7. The van der Waals surface area contributed by atoms with Crippen molar-refractivity contribution in [3.8, 4) is 27.9 Å². The second-order valence-electron chi connectivity index (χ2n) is 14.9. The smallest absolute Gasteiger partial charge is 0.0702 e. The summed E-state index contributed by atoms with van der Waals surface area (Å²) in [5, 5.41) is 2.52. The van der Waals surface area contributed by atoms with Crippen LogP contribution in [0.25, 0.3) is 49.7 Å². The molecule has 2 aliphatic rings. The zero-order valence-electron chi connectivity index (χ0n) is 28.9. The molecule has 2 heteroatoms. The fourth-order valence-corrected chi connectivity index (χ4v) is 9.26. The largest absolute Gasteiger partial charge is 0.307 e. The quantitative estimate of drug-likeness (QED) is 0.185. The highest BCUT2D eigenvalue weighted by Crippen LogP contribution is 2.58. The molecule has 2 aliphatic carbocycles. The van der Waals surface area contributed by atoms with Crippen LogP contribution in [0.5, 0.6) is 0 Å². The fourth-order valence-electron chi connectivity index (χ4n) is 9.26. The number of anilines is 3. The second kappa shape index (κ2) is 10.3. The van der Waals surface area contributed by atoms with Gasteiger partial charge < -0.3 is 9.47 Å². The average molecular weight is 643 g/mol. The van der Waals surface area contributed by atoms with E-state index in [1.165, 1.54) is 77.7 Å². The molecule has 50 heavy (non-hydrogen) atoms. The van der Waals surface area contributed by atoms with E-state index in [2.05, 4.69) is 195 Å². The minimum absolute atomic E-state index is 0.118. The standard InChI is InChI=1S/C48H38N2/c1-47(2)35-21-9-5-19-33(35)45-37(47)23-15-29-43(45)50(44-30-16-24-38-46(44)34-20-6-10-22-36(34)48(38,3)4)42-28-14-13-27-41(42)49-39-25-11-7-17-31(39)32-18-8-12-26-40(32)49/h5-30H,1-4H3. The van der Waals surface area contributed by atoms with E-state index in [1.807, 2.05) is 0 Å². The number of aromatic nitrogens is 1. The normalized spacial score (nSPS) is 14.7. The van der Waals surface area contributed by atoms with E-state index in [0.29, 0.717) is 0 Å². The molecule has 0 amide bonds. The van der Waals surface area contributed by atoms with Gasteiger partial charge in [-0.15, -0.1) is 0 Å². The molecule has 1 heterocycles. The number of rotatable bonds is 4. The van der Waals surface area contributed by atoms with Crippen molar-refractivity contribution in [3.05, 3.63) is 180 Å². The molecule has 0 unspecified atom stereocenters. The van der Waals surface area contributed by atoms with Crippen LogP contribution in [0.3, 0.4) is 0 Å². The van der Waals surface area contributed by atoms with E-state index < -0.39 is 0 Å². The van der Waals surface area contributed by atoms with Crippen LogP contribution >= 0.6 is 0 Å². The summed E-state index contributed by atoms with van der Waals surface area (Å²) in [6.45, 7) is 9.49. The Bertz CT molecular complexity index is 2510. The van der Waals surface area contributed by atoms with Crippen molar-refractivity contribution < 1.29 is 0 Å². The van der Waals surface area contributed by atoms with Crippen LogP contribution < -0.4 is 4.90 Å². The van der Waals surface area contributed by atoms with E-state index in [0.717, 1.165) is 11.4 Å². The lowest BCUT2D eigenvalue weighted by atomic mass is 9.82.